The first-order valence-corrected chi connectivity index (χ1v) is 7.83. The zero-order valence-electron chi connectivity index (χ0n) is 11.0. The van der Waals surface area contributed by atoms with Gasteiger partial charge in [0, 0.05) is 37.9 Å². The Balaban J connectivity index is 2.24. The van der Waals surface area contributed by atoms with Crippen molar-refractivity contribution in [3.8, 4) is 0 Å². The summed E-state index contributed by atoms with van der Waals surface area (Å²) >= 11 is 3.60. The van der Waals surface area contributed by atoms with Gasteiger partial charge in [0.15, 0.2) is 0 Å². The summed E-state index contributed by atoms with van der Waals surface area (Å²) in [5, 5.41) is 4.12. The van der Waals surface area contributed by atoms with Crippen LogP contribution in [0.1, 0.15) is 39.5 Å². The molecule has 1 amide bonds. The average Bonchev–Trinajstić information content (AvgIpc) is 2.30. The smallest absolute Gasteiger partial charge is 0.217 e. The molecule has 0 bridgehead atoms. The SMILES string of the molecule is CCCC(CBr)CN1CCC(NC(C)=O)CC1. The van der Waals surface area contributed by atoms with E-state index in [1.807, 2.05) is 0 Å². The van der Waals surface area contributed by atoms with E-state index in [1.165, 1.54) is 19.4 Å². The highest BCUT2D eigenvalue weighted by molar-refractivity contribution is 9.09. The van der Waals surface area contributed by atoms with E-state index in [-0.39, 0.29) is 5.91 Å². The minimum Gasteiger partial charge on any atom is -0.354 e. The van der Waals surface area contributed by atoms with Crippen LogP contribution in [0.25, 0.3) is 0 Å². The monoisotopic (exact) mass is 304 g/mol. The zero-order chi connectivity index (χ0) is 12.7. The van der Waals surface area contributed by atoms with Gasteiger partial charge in [-0.25, -0.2) is 0 Å². The molecule has 1 aliphatic rings. The van der Waals surface area contributed by atoms with Gasteiger partial charge in [-0.05, 0) is 25.2 Å². The normalized spacial score (nSPS) is 20.2. The Hall–Kier alpha value is -0.0900. The molecule has 1 atom stereocenters. The van der Waals surface area contributed by atoms with Crippen molar-refractivity contribution < 1.29 is 4.79 Å². The standard InChI is InChI=1S/C13H25BrN2O/c1-3-4-12(9-14)10-16-7-5-13(6-8-16)15-11(2)17/h12-13H,3-10H2,1-2H3,(H,15,17). The molecule has 1 heterocycles. The fraction of sp³-hybridized carbons (Fsp3) is 0.923. The maximum Gasteiger partial charge on any atom is 0.217 e. The number of carbonyl (C=O) groups excluding carboxylic acids is 1. The first kappa shape index (κ1) is 15.0. The van der Waals surface area contributed by atoms with E-state index >= 15 is 0 Å². The number of piperidine rings is 1. The molecular formula is C13H25BrN2O. The van der Waals surface area contributed by atoms with Crippen LogP contribution in [-0.4, -0.2) is 41.8 Å². The molecule has 4 heteroatoms. The van der Waals surface area contributed by atoms with Crippen molar-refractivity contribution in [2.45, 2.75) is 45.6 Å². The van der Waals surface area contributed by atoms with Crippen molar-refractivity contribution in [1.29, 1.82) is 0 Å². The topological polar surface area (TPSA) is 32.3 Å². The number of nitrogens with zero attached hydrogens (tertiary/aromatic N) is 1. The fourth-order valence-electron chi connectivity index (χ4n) is 2.54. The Kier molecular flexibility index (Phi) is 7.12. The largest absolute Gasteiger partial charge is 0.354 e. The lowest BCUT2D eigenvalue weighted by Gasteiger charge is -2.34. The summed E-state index contributed by atoms with van der Waals surface area (Å²) in [6.07, 6.45) is 4.76. The molecular weight excluding hydrogens is 280 g/mol. The summed E-state index contributed by atoms with van der Waals surface area (Å²) in [4.78, 5) is 13.5. The number of halogens is 1. The van der Waals surface area contributed by atoms with Crippen LogP contribution < -0.4 is 5.32 Å². The third-order valence-electron chi connectivity index (χ3n) is 3.43. The first-order valence-electron chi connectivity index (χ1n) is 6.71. The number of alkyl halides is 1. The van der Waals surface area contributed by atoms with Crippen molar-refractivity contribution in [2.75, 3.05) is 25.0 Å². The number of likely N-dealkylation sites (tertiary alicyclic amines) is 1. The number of nitrogens with one attached hydrogen (secondary N) is 1. The van der Waals surface area contributed by atoms with E-state index in [4.69, 9.17) is 0 Å². The zero-order valence-corrected chi connectivity index (χ0v) is 12.6. The van der Waals surface area contributed by atoms with Crippen LogP contribution in [0.4, 0.5) is 0 Å². The number of amides is 1. The maximum atomic E-state index is 11.0. The number of hydrogen-bond donors (Lipinski definition) is 1. The molecule has 1 rings (SSSR count). The van der Waals surface area contributed by atoms with Crippen LogP contribution >= 0.6 is 15.9 Å². The lowest BCUT2D eigenvalue weighted by molar-refractivity contribution is -0.119. The van der Waals surface area contributed by atoms with E-state index in [0.29, 0.717) is 6.04 Å². The van der Waals surface area contributed by atoms with Crippen LogP contribution in [0.3, 0.4) is 0 Å². The summed E-state index contributed by atoms with van der Waals surface area (Å²) < 4.78 is 0. The molecule has 0 aliphatic carbocycles. The van der Waals surface area contributed by atoms with Gasteiger partial charge < -0.3 is 10.2 Å². The Morgan fingerprint density at radius 3 is 2.59 bits per heavy atom. The van der Waals surface area contributed by atoms with Crippen molar-refractivity contribution in [3.63, 3.8) is 0 Å². The van der Waals surface area contributed by atoms with E-state index < -0.39 is 0 Å². The Morgan fingerprint density at radius 1 is 1.47 bits per heavy atom. The van der Waals surface area contributed by atoms with Gasteiger partial charge in [0.1, 0.15) is 0 Å². The lowest BCUT2D eigenvalue weighted by atomic mass is 10.0. The lowest BCUT2D eigenvalue weighted by Crippen LogP contribution is -2.45. The predicted molar refractivity (Wildman–Crippen MR) is 75.5 cm³/mol. The van der Waals surface area contributed by atoms with E-state index in [1.54, 1.807) is 6.92 Å². The molecule has 1 unspecified atom stereocenters. The van der Waals surface area contributed by atoms with Gasteiger partial charge in [0.2, 0.25) is 5.91 Å². The van der Waals surface area contributed by atoms with Crippen LogP contribution in [0.15, 0.2) is 0 Å². The van der Waals surface area contributed by atoms with Gasteiger partial charge in [-0.1, -0.05) is 29.3 Å². The van der Waals surface area contributed by atoms with Crippen LogP contribution in [0.2, 0.25) is 0 Å². The third kappa shape index (κ3) is 5.87. The Morgan fingerprint density at radius 2 is 2.12 bits per heavy atom. The predicted octanol–water partition coefficient (Wildman–Crippen LogP) is 2.40. The molecule has 0 spiro atoms. The van der Waals surface area contributed by atoms with Gasteiger partial charge >= 0.3 is 0 Å². The second kappa shape index (κ2) is 8.09. The van der Waals surface area contributed by atoms with E-state index in [9.17, 15) is 4.79 Å². The van der Waals surface area contributed by atoms with Gasteiger partial charge in [-0.2, -0.15) is 0 Å². The number of carbonyl (C=O) groups is 1. The number of hydrogen-bond acceptors (Lipinski definition) is 2. The van der Waals surface area contributed by atoms with Gasteiger partial charge in [-0.15, -0.1) is 0 Å². The van der Waals surface area contributed by atoms with Crippen LogP contribution in [0.5, 0.6) is 0 Å². The Bertz CT molecular complexity index is 227. The maximum absolute atomic E-state index is 11.0. The molecule has 100 valence electrons. The highest BCUT2D eigenvalue weighted by Gasteiger charge is 2.21. The van der Waals surface area contributed by atoms with Crippen molar-refractivity contribution in [1.82, 2.24) is 10.2 Å². The molecule has 0 aromatic carbocycles. The molecule has 1 aliphatic heterocycles. The summed E-state index contributed by atoms with van der Waals surface area (Å²) in [6, 6.07) is 0.400. The second-order valence-corrected chi connectivity index (χ2v) is 5.73. The highest BCUT2D eigenvalue weighted by Crippen LogP contribution is 2.16. The second-order valence-electron chi connectivity index (χ2n) is 5.08. The molecule has 1 fully saturated rings. The average molecular weight is 305 g/mol. The first-order chi connectivity index (χ1) is 8.15. The number of rotatable bonds is 6. The van der Waals surface area contributed by atoms with E-state index in [2.05, 4.69) is 33.1 Å². The summed E-state index contributed by atoms with van der Waals surface area (Å²) in [6.45, 7) is 7.30. The van der Waals surface area contributed by atoms with Crippen LogP contribution in [-0.2, 0) is 4.79 Å². The van der Waals surface area contributed by atoms with Crippen molar-refractivity contribution in [2.24, 2.45) is 5.92 Å². The molecule has 0 aromatic rings. The third-order valence-corrected chi connectivity index (χ3v) is 4.34. The van der Waals surface area contributed by atoms with Gasteiger partial charge in [0.05, 0.1) is 0 Å². The molecule has 1 saturated heterocycles. The molecule has 17 heavy (non-hydrogen) atoms. The summed E-state index contributed by atoms with van der Waals surface area (Å²) in [5.41, 5.74) is 0. The van der Waals surface area contributed by atoms with Crippen LogP contribution in [0, 0.1) is 5.92 Å². The fourth-order valence-corrected chi connectivity index (χ4v) is 3.07. The van der Waals surface area contributed by atoms with Gasteiger partial charge in [0.25, 0.3) is 0 Å². The minimum absolute atomic E-state index is 0.104. The highest BCUT2D eigenvalue weighted by atomic mass is 79.9. The van der Waals surface area contributed by atoms with Gasteiger partial charge in [-0.3, -0.25) is 4.79 Å². The van der Waals surface area contributed by atoms with Crippen molar-refractivity contribution >= 4 is 21.8 Å². The molecule has 0 saturated carbocycles. The molecule has 0 aromatic heterocycles. The molecule has 0 radical (unpaired) electrons. The Labute approximate surface area is 113 Å². The minimum atomic E-state index is 0.104. The molecule has 3 nitrogen and oxygen atoms in total. The molecule has 1 N–H and O–H groups in total. The summed E-state index contributed by atoms with van der Waals surface area (Å²) in [7, 11) is 0. The summed E-state index contributed by atoms with van der Waals surface area (Å²) in [5.74, 6) is 0.880. The quantitative estimate of drug-likeness (QED) is 0.764. The van der Waals surface area contributed by atoms with E-state index in [0.717, 1.165) is 37.2 Å². The van der Waals surface area contributed by atoms with Crippen molar-refractivity contribution in [3.05, 3.63) is 0 Å².